The molecule has 3 heteroatoms. The monoisotopic (exact) mass is 464 g/mol. The topological polar surface area (TPSA) is 31.0 Å². The van der Waals surface area contributed by atoms with Crippen LogP contribution in [0.1, 0.15) is 11.1 Å². The van der Waals surface area contributed by atoms with Gasteiger partial charge in [0, 0.05) is 11.1 Å². The van der Waals surface area contributed by atoms with Crippen molar-refractivity contribution in [2.45, 2.75) is 13.8 Å². The maximum atomic E-state index is 6.07. The molecule has 0 unspecified atom stereocenters. The van der Waals surface area contributed by atoms with Gasteiger partial charge in [-0.1, -0.05) is 66.7 Å². The standard InChI is InChI=1S/C33H24N2O/c1-21-16-26(17-22(2)32(21)23-10-4-3-5-11-23)35-30-15-9-8-14-29(30)34-33(35)28-20-36-31-19-25-13-7-6-12-24(25)18-27(28)31/h3-20H,1-2H3. The maximum Gasteiger partial charge on any atom is 0.149 e. The van der Waals surface area contributed by atoms with Crippen molar-refractivity contribution in [1.29, 1.82) is 0 Å². The molecule has 36 heavy (non-hydrogen) atoms. The zero-order valence-corrected chi connectivity index (χ0v) is 20.2. The number of fused-ring (bicyclic) bond motifs is 3. The van der Waals surface area contributed by atoms with Crippen LogP contribution in [0.3, 0.4) is 0 Å². The van der Waals surface area contributed by atoms with Crippen LogP contribution in [0.25, 0.3) is 61.0 Å². The Morgan fingerprint density at radius 2 is 1.36 bits per heavy atom. The van der Waals surface area contributed by atoms with Crippen molar-refractivity contribution in [1.82, 2.24) is 9.55 Å². The normalized spacial score (nSPS) is 11.6. The molecule has 0 aliphatic heterocycles. The number of rotatable bonds is 3. The first-order valence-electron chi connectivity index (χ1n) is 12.2. The minimum atomic E-state index is 0.870. The van der Waals surface area contributed by atoms with Crippen LogP contribution in [0, 0.1) is 13.8 Å². The molecule has 0 atom stereocenters. The fourth-order valence-electron chi connectivity index (χ4n) is 5.48. The van der Waals surface area contributed by atoms with E-state index in [1.165, 1.54) is 33.0 Å². The molecular weight excluding hydrogens is 440 g/mol. The van der Waals surface area contributed by atoms with Gasteiger partial charge in [-0.05, 0) is 83.3 Å². The fraction of sp³-hybridized carbons (Fsp3) is 0.0606. The largest absolute Gasteiger partial charge is 0.464 e. The van der Waals surface area contributed by atoms with Crippen molar-refractivity contribution in [3.05, 3.63) is 121 Å². The number of nitrogens with zero attached hydrogens (tertiary/aromatic N) is 2. The summed E-state index contributed by atoms with van der Waals surface area (Å²) < 4.78 is 8.34. The molecule has 7 aromatic rings. The van der Waals surface area contributed by atoms with E-state index >= 15 is 0 Å². The molecule has 0 amide bonds. The van der Waals surface area contributed by atoms with Crippen molar-refractivity contribution >= 4 is 32.8 Å². The van der Waals surface area contributed by atoms with Crippen molar-refractivity contribution < 1.29 is 4.42 Å². The van der Waals surface area contributed by atoms with Crippen LogP contribution in [0.4, 0.5) is 0 Å². The highest BCUT2D eigenvalue weighted by Gasteiger charge is 2.20. The summed E-state index contributed by atoms with van der Waals surface area (Å²) in [7, 11) is 0. The van der Waals surface area contributed by atoms with Crippen LogP contribution in [-0.4, -0.2) is 9.55 Å². The summed E-state index contributed by atoms with van der Waals surface area (Å²) in [6.07, 6.45) is 1.85. The second kappa shape index (κ2) is 7.96. The molecule has 0 bridgehead atoms. The molecule has 0 spiro atoms. The van der Waals surface area contributed by atoms with Crippen molar-refractivity contribution in [2.24, 2.45) is 0 Å². The van der Waals surface area contributed by atoms with Gasteiger partial charge in [0.25, 0.3) is 0 Å². The zero-order valence-electron chi connectivity index (χ0n) is 20.2. The summed E-state index contributed by atoms with van der Waals surface area (Å²) in [4.78, 5) is 5.10. The summed E-state index contributed by atoms with van der Waals surface area (Å²) in [6.45, 7) is 4.38. The average Bonchev–Trinajstić information content (AvgIpc) is 3.48. The van der Waals surface area contributed by atoms with Crippen molar-refractivity contribution in [3.8, 4) is 28.2 Å². The molecule has 3 nitrogen and oxygen atoms in total. The number of benzene rings is 5. The highest BCUT2D eigenvalue weighted by Crippen LogP contribution is 2.38. The van der Waals surface area contributed by atoms with E-state index in [-0.39, 0.29) is 0 Å². The summed E-state index contributed by atoms with van der Waals surface area (Å²) >= 11 is 0. The van der Waals surface area contributed by atoms with Crippen LogP contribution in [-0.2, 0) is 0 Å². The van der Waals surface area contributed by atoms with Crippen LogP contribution < -0.4 is 0 Å². The van der Waals surface area contributed by atoms with E-state index < -0.39 is 0 Å². The van der Waals surface area contributed by atoms with Gasteiger partial charge in [0.15, 0.2) is 0 Å². The average molecular weight is 465 g/mol. The lowest BCUT2D eigenvalue weighted by molar-refractivity contribution is 0.617. The molecule has 2 heterocycles. The SMILES string of the molecule is Cc1cc(-n2c(-c3coc4cc5ccccc5cc34)nc3ccccc32)cc(C)c1-c1ccccc1. The lowest BCUT2D eigenvalue weighted by atomic mass is 9.95. The Kier molecular flexibility index (Phi) is 4.58. The van der Waals surface area contributed by atoms with E-state index in [9.17, 15) is 0 Å². The number of furan rings is 1. The lowest BCUT2D eigenvalue weighted by Crippen LogP contribution is -2.00. The first-order valence-corrected chi connectivity index (χ1v) is 12.2. The molecule has 0 saturated carbocycles. The highest BCUT2D eigenvalue weighted by molar-refractivity contribution is 6.03. The van der Waals surface area contributed by atoms with Gasteiger partial charge in [-0.3, -0.25) is 4.57 Å². The van der Waals surface area contributed by atoms with E-state index in [0.717, 1.165) is 39.1 Å². The van der Waals surface area contributed by atoms with Crippen molar-refractivity contribution in [3.63, 3.8) is 0 Å². The summed E-state index contributed by atoms with van der Waals surface area (Å²) in [5, 5.41) is 3.43. The predicted octanol–water partition coefficient (Wildman–Crippen LogP) is 8.88. The van der Waals surface area contributed by atoms with Crippen LogP contribution in [0.2, 0.25) is 0 Å². The zero-order chi connectivity index (χ0) is 24.2. The molecule has 0 aliphatic carbocycles. The van der Waals surface area contributed by atoms with Gasteiger partial charge in [-0.15, -0.1) is 0 Å². The van der Waals surface area contributed by atoms with Gasteiger partial charge in [0.1, 0.15) is 17.7 Å². The van der Waals surface area contributed by atoms with E-state index in [2.05, 4.69) is 115 Å². The molecule has 2 aromatic heterocycles. The lowest BCUT2D eigenvalue weighted by Gasteiger charge is -2.16. The molecular formula is C33H24N2O. The Morgan fingerprint density at radius 3 is 2.14 bits per heavy atom. The third-order valence-corrected chi connectivity index (χ3v) is 7.08. The number of imidazole rings is 1. The van der Waals surface area contributed by atoms with E-state index in [1.54, 1.807) is 0 Å². The minimum absolute atomic E-state index is 0.870. The number of hydrogen-bond acceptors (Lipinski definition) is 2. The van der Waals surface area contributed by atoms with Gasteiger partial charge >= 0.3 is 0 Å². The molecule has 7 rings (SSSR count). The Balaban J connectivity index is 1.49. The molecule has 172 valence electrons. The highest BCUT2D eigenvalue weighted by atomic mass is 16.3. The third-order valence-electron chi connectivity index (χ3n) is 7.08. The van der Waals surface area contributed by atoms with E-state index in [0.29, 0.717) is 0 Å². The van der Waals surface area contributed by atoms with Crippen molar-refractivity contribution in [2.75, 3.05) is 0 Å². The third kappa shape index (κ3) is 3.17. The molecule has 0 saturated heterocycles. The first-order chi connectivity index (χ1) is 17.7. The molecule has 0 N–H and O–H groups in total. The van der Waals surface area contributed by atoms with Crippen LogP contribution in [0.5, 0.6) is 0 Å². The maximum absolute atomic E-state index is 6.07. The number of aromatic nitrogens is 2. The second-order valence-electron chi connectivity index (χ2n) is 9.43. The van der Waals surface area contributed by atoms with Gasteiger partial charge < -0.3 is 4.42 Å². The number of aryl methyl sites for hydroxylation is 2. The summed E-state index contributed by atoms with van der Waals surface area (Å²) in [5.74, 6) is 0.886. The first kappa shape index (κ1) is 20.7. The Bertz CT molecular complexity index is 1880. The molecule has 0 aliphatic rings. The van der Waals surface area contributed by atoms with Gasteiger partial charge in [-0.2, -0.15) is 0 Å². The smallest absolute Gasteiger partial charge is 0.149 e. The minimum Gasteiger partial charge on any atom is -0.464 e. The molecule has 5 aromatic carbocycles. The quantitative estimate of drug-likeness (QED) is 0.261. The summed E-state index contributed by atoms with van der Waals surface area (Å²) in [6, 6.07) is 36.2. The Morgan fingerprint density at radius 1 is 0.694 bits per heavy atom. The van der Waals surface area contributed by atoms with Gasteiger partial charge in [-0.25, -0.2) is 4.98 Å². The van der Waals surface area contributed by atoms with Gasteiger partial charge in [0.2, 0.25) is 0 Å². The fourth-order valence-corrected chi connectivity index (χ4v) is 5.48. The second-order valence-corrected chi connectivity index (χ2v) is 9.43. The number of para-hydroxylation sites is 2. The number of hydrogen-bond donors (Lipinski definition) is 0. The van der Waals surface area contributed by atoms with Crippen LogP contribution >= 0.6 is 0 Å². The van der Waals surface area contributed by atoms with E-state index in [1.807, 2.05) is 12.3 Å². The van der Waals surface area contributed by atoms with Crippen LogP contribution in [0.15, 0.2) is 114 Å². The molecule has 0 fully saturated rings. The molecule has 0 radical (unpaired) electrons. The predicted molar refractivity (Wildman–Crippen MR) is 149 cm³/mol. The van der Waals surface area contributed by atoms with E-state index in [4.69, 9.17) is 9.40 Å². The van der Waals surface area contributed by atoms with Gasteiger partial charge in [0.05, 0.1) is 16.6 Å². The Labute approximate surface area is 209 Å². The Hall–Kier alpha value is -4.63. The summed E-state index contributed by atoms with van der Waals surface area (Å²) in [5.41, 5.74) is 10.0.